The van der Waals surface area contributed by atoms with E-state index in [2.05, 4.69) is 54.3 Å². The maximum atomic E-state index is 12.7. The number of carbonyl (C=O) groups is 1. The van der Waals surface area contributed by atoms with Gasteiger partial charge in [-0.25, -0.2) is 0 Å². The predicted molar refractivity (Wildman–Crippen MR) is 122 cm³/mol. The molecule has 30 heavy (non-hydrogen) atoms. The average molecular weight is 420 g/mol. The largest absolute Gasteiger partial charge is 0.335 e. The maximum Gasteiger partial charge on any atom is 0.233 e. The van der Waals surface area contributed by atoms with Gasteiger partial charge in [-0.2, -0.15) is 0 Å². The van der Waals surface area contributed by atoms with Gasteiger partial charge in [-0.3, -0.25) is 14.3 Å². The van der Waals surface area contributed by atoms with Gasteiger partial charge in [-0.15, -0.1) is 23.4 Å². The number of nitrogens with zero attached hydrogens (tertiary/aromatic N) is 5. The molecule has 0 atom stereocenters. The Morgan fingerprint density at radius 1 is 1.07 bits per heavy atom. The number of hydrogen-bond acceptors (Lipinski definition) is 5. The van der Waals surface area contributed by atoms with Gasteiger partial charge in [0.05, 0.1) is 11.4 Å². The summed E-state index contributed by atoms with van der Waals surface area (Å²) in [5.74, 6) is 0.964. The van der Waals surface area contributed by atoms with Crippen LogP contribution in [0.4, 0.5) is 0 Å². The molecule has 0 saturated carbocycles. The zero-order valence-electron chi connectivity index (χ0n) is 17.3. The number of pyridine rings is 1. The van der Waals surface area contributed by atoms with E-state index in [0.29, 0.717) is 24.1 Å². The number of carbonyl (C=O) groups excluding carboxylic acids is 1. The zero-order valence-corrected chi connectivity index (χ0v) is 18.1. The van der Waals surface area contributed by atoms with Gasteiger partial charge in [0, 0.05) is 31.0 Å². The second-order valence-electron chi connectivity index (χ2n) is 6.81. The highest BCUT2D eigenvalue weighted by atomic mass is 32.2. The van der Waals surface area contributed by atoms with Crippen molar-refractivity contribution in [1.29, 1.82) is 0 Å². The molecule has 6 nitrogen and oxygen atoms in total. The SMILES string of the molecule is C=CCN(CC=C)C(=O)CSc1nnc(-c2ccncc2)n1-c1ccc(C)c(C)c1. The normalized spacial score (nSPS) is 10.6. The lowest BCUT2D eigenvalue weighted by molar-refractivity contribution is -0.127. The van der Waals surface area contributed by atoms with Crippen LogP contribution in [0.3, 0.4) is 0 Å². The lowest BCUT2D eigenvalue weighted by atomic mass is 10.1. The van der Waals surface area contributed by atoms with Crippen LogP contribution >= 0.6 is 11.8 Å². The van der Waals surface area contributed by atoms with Gasteiger partial charge in [0.25, 0.3) is 0 Å². The topological polar surface area (TPSA) is 63.9 Å². The minimum Gasteiger partial charge on any atom is -0.335 e. The van der Waals surface area contributed by atoms with Crippen LogP contribution in [0.5, 0.6) is 0 Å². The molecule has 0 bridgehead atoms. The van der Waals surface area contributed by atoms with Crippen LogP contribution in [-0.2, 0) is 4.79 Å². The summed E-state index contributed by atoms with van der Waals surface area (Å²) in [6, 6.07) is 10.0. The van der Waals surface area contributed by atoms with Crippen LogP contribution in [0, 0.1) is 13.8 Å². The van der Waals surface area contributed by atoms with E-state index < -0.39 is 0 Å². The van der Waals surface area contributed by atoms with E-state index in [1.54, 1.807) is 29.4 Å². The van der Waals surface area contributed by atoms with Gasteiger partial charge in [0.1, 0.15) is 0 Å². The highest BCUT2D eigenvalue weighted by Crippen LogP contribution is 2.28. The number of aromatic nitrogens is 4. The van der Waals surface area contributed by atoms with E-state index in [4.69, 9.17) is 0 Å². The van der Waals surface area contributed by atoms with Crippen LogP contribution in [0.25, 0.3) is 17.1 Å². The van der Waals surface area contributed by atoms with Gasteiger partial charge in [0.15, 0.2) is 11.0 Å². The molecule has 0 N–H and O–H groups in total. The molecule has 0 fully saturated rings. The van der Waals surface area contributed by atoms with Gasteiger partial charge in [-0.05, 0) is 49.2 Å². The van der Waals surface area contributed by atoms with Crippen molar-refractivity contribution in [2.45, 2.75) is 19.0 Å². The molecule has 0 aliphatic rings. The monoisotopic (exact) mass is 419 g/mol. The summed E-state index contributed by atoms with van der Waals surface area (Å²) in [5, 5.41) is 9.47. The van der Waals surface area contributed by atoms with E-state index in [0.717, 1.165) is 11.3 Å². The molecule has 0 aliphatic heterocycles. The molecular weight excluding hydrogens is 394 g/mol. The second-order valence-corrected chi connectivity index (χ2v) is 7.75. The fourth-order valence-electron chi connectivity index (χ4n) is 2.96. The molecule has 154 valence electrons. The first-order valence-electron chi connectivity index (χ1n) is 9.61. The number of aryl methyl sites for hydroxylation is 2. The van der Waals surface area contributed by atoms with Crippen molar-refractivity contribution in [3.63, 3.8) is 0 Å². The Balaban J connectivity index is 1.95. The quantitative estimate of drug-likeness (QED) is 0.383. The van der Waals surface area contributed by atoms with Crippen LogP contribution in [-0.4, -0.2) is 49.4 Å². The Labute approximate surface area is 181 Å². The molecule has 1 amide bonds. The van der Waals surface area contributed by atoms with Crippen molar-refractivity contribution in [2.24, 2.45) is 0 Å². The van der Waals surface area contributed by atoms with E-state index in [1.165, 1.54) is 22.9 Å². The number of amides is 1. The van der Waals surface area contributed by atoms with E-state index in [-0.39, 0.29) is 11.7 Å². The zero-order chi connectivity index (χ0) is 21.5. The van der Waals surface area contributed by atoms with Crippen molar-refractivity contribution >= 4 is 17.7 Å². The van der Waals surface area contributed by atoms with Crippen molar-refractivity contribution in [1.82, 2.24) is 24.6 Å². The van der Waals surface area contributed by atoms with Gasteiger partial charge in [-0.1, -0.05) is 30.0 Å². The molecule has 2 aromatic heterocycles. The van der Waals surface area contributed by atoms with E-state index in [9.17, 15) is 4.79 Å². The number of rotatable bonds is 9. The highest BCUT2D eigenvalue weighted by Gasteiger charge is 2.19. The summed E-state index contributed by atoms with van der Waals surface area (Å²) in [6.45, 7) is 12.6. The fraction of sp³-hybridized carbons (Fsp3) is 0.217. The molecule has 0 radical (unpaired) electrons. The molecule has 1 aromatic carbocycles. The first-order valence-corrected chi connectivity index (χ1v) is 10.6. The lowest BCUT2D eigenvalue weighted by Gasteiger charge is -2.19. The molecule has 2 heterocycles. The third kappa shape index (κ3) is 4.86. The Bertz CT molecular complexity index is 1040. The first-order chi connectivity index (χ1) is 14.5. The summed E-state index contributed by atoms with van der Waals surface area (Å²) < 4.78 is 1.99. The van der Waals surface area contributed by atoms with Crippen LogP contribution < -0.4 is 0 Å². The summed E-state index contributed by atoms with van der Waals surface area (Å²) in [7, 11) is 0. The molecule has 0 unspecified atom stereocenters. The minimum absolute atomic E-state index is 0.0000946. The molecule has 7 heteroatoms. The average Bonchev–Trinajstić information content (AvgIpc) is 3.18. The van der Waals surface area contributed by atoms with Crippen LogP contribution in [0.15, 0.2) is 73.2 Å². The highest BCUT2D eigenvalue weighted by molar-refractivity contribution is 7.99. The third-order valence-electron chi connectivity index (χ3n) is 4.70. The molecule has 0 spiro atoms. The Morgan fingerprint density at radius 2 is 1.77 bits per heavy atom. The van der Waals surface area contributed by atoms with Crippen LogP contribution in [0.2, 0.25) is 0 Å². The van der Waals surface area contributed by atoms with Gasteiger partial charge < -0.3 is 4.90 Å². The van der Waals surface area contributed by atoms with E-state index >= 15 is 0 Å². The van der Waals surface area contributed by atoms with Crippen LogP contribution in [0.1, 0.15) is 11.1 Å². The Hall–Kier alpha value is -3.19. The standard InChI is InChI=1S/C23H25N5OS/c1-5-13-27(14-6-2)21(29)16-30-23-26-25-22(19-9-11-24-12-10-19)28(23)20-8-7-17(3)18(4)15-20/h5-12,15H,1-2,13-14,16H2,3-4H3. The number of benzene rings is 1. The van der Waals surface area contributed by atoms with Crippen molar-refractivity contribution < 1.29 is 4.79 Å². The maximum absolute atomic E-state index is 12.7. The predicted octanol–water partition coefficient (Wildman–Crippen LogP) is 4.24. The van der Waals surface area contributed by atoms with Crippen molar-refractivity contribution in [2.75, 3.05) is 18.8 Å². The third-order valence-corrected chi connectivity index (χ3v) is 5.61. The molecule has 0 aliphatic carbocycles. The molecular formula is C23H25N5OS. The molecule has 3 aromatic rings. The Kier molecular flexibility index (Phi) is 7.19. The first kappa shape index (κ1) is 21.5. The van der Waals surface area contributed by atoms with Crippen molar-refractivity contribution in [3.05, 3.63) is 79.2 Å². The number of thioether (sulfide) groups is 1. The van der Waals surface area contributed by atoms with Crippen molar-refractivity contribution in [3.8, 4) is 17.1 Å². The summed E-state index contributed by atoms with van der Waals surface area (Å²) in [5.41, 5.74) is 4.26. The van der Waals surface area contributed by atoms with E-state index in [1.807, 2.05) is 22.8 Å². The summed E-state index contributed by atoms with van der Waals surface area (Å²) in [4.78, 5) is 18.5. The minimum atomic E-state index is -0.0000946. The lowest BCUT2D eigenvalue weighted by Crippen LogP contribution is -2.32. The molecule has 0 saturated heterocycles. The van der Waals surface area contributed by atoms with Gasteiger partial charge >= 0.3 is 0 Å². The smallest absolute Gasteiger partial charge is 0.233 e. The Morgan fingerprint density at radius 3 is 2.40 bits per heavy atom. The summed E-state index contributed by atoms with van der Waals surface area (Å²) in [6.07, 6.45) is 6.89. The fourth-order valence-corrected chi connectivity index (χ4v) is 3.81. The second kappa shape index (κ2) is 10.0. The summed E-state index contributed by atoms with van der Waals surface area (Å²) >= 11 is 1.37. The van der Waals surface area contributed by atoms with Gasteiger partial charge in [0.2, 0.25) is 5.91 Å². The molecule has 3 rings (SSSR count). The number of hydrogen-bond donors (Lipinski definition) is 0.